The van der Waals surface area contributed by atoms with Gasteiger partial charge in [-0.2, -0.15) is 0 Å². The number of thiophene rings is 1. The van der Waals surface area contributed by atoms with Crippen LogP contribution in [0.25, 0.3) is 0 Å². The Bertz CT molecular complexity index is 576. The van der Waals surface area contributed by atoms with Crippen molar-refractivity contribution in [3.05, 3.63) is 22.4 Å². The van der Waals surface area contributed by atoms with Gasteiger partial charge in [-0.15, -0.1) is 21.5 Å². The van der Waals surface area contributed by atoms with Gasteiger partial charge in [0.15, 0.2) is 4.34 Å². The van der Waals surface area contributed by atoms with Crippen molar-refractivity contribution in [1.82, 2.24) is 10.2 Å². The summed E-state index contributed by atoms with van der Waals surface area (Å²) in [5.74, 6) is 0.825. The highest BCUT2D eigenvalue weighted by molar-refractivity contribution is 8.00. The van der Waals surface area contributed by atoms with Crippen molar-refractivity contribution in [1.29, 1.82) is 0 Å². The SMILES string of the molecule is CS(=O)(=O)Nc1nnc(SCc2cccs2)s1. The van der Waals surface area contributed by atoms with Crippen molar-refractivity contribution in [3.63, 3.8) is 0 Å². The molecule has 0 aliphatic rings. The zero-order valence-corrected chi connectivity index (χ0v) is 12.0. The molecule has 0 unspecified atom stereocenters. The highest BCUT2D eigenvalue weighted by Crippen LogP contribution is 2.29. The van der Waals surface area contributed by atoms with Crippen LogP contribution in [0, 0.1) is 0 Å². The number of sulfonamides is 1. The van der Waals surface area contributed by atoms with Crippen LogP contribution in [0.5, 0.6) is 0 Å². The standard InChI is InChI=1S/C8H9N3O2S4/c1-17(12,13)11-7-9-10-8(16-7)15-5-6-3-2-4-14-6/h2-4H,5H2,1H3,(H,9,11). The van der Waals surface area contributed by atoms with Gasteiger partial charge < -0.3 is 0 Å². The van der Waals surface area contributed by atoms with Crippen LogP contribution in [0.1, 0.15) is 4.88 Å². The number of thioether (sulfide) groups is 1. The molecule has 5 nitrogen and oxygen atoms in total. The first-order valence-corrected chi connectivity index (χ1v) is 9.07. The number of nitrogens with zero attached hydrogens (tertiary/aromatic N) is 2. The van der Waals surface area contributed by atoms with Gasteiger partial charge in [-0.25, -0.2) is 8.42 Å². The van der Waals surface area contributed by atoms with Gasteiger partial charge in [0.2, 0.25) is 15.2 Å². The lowest BCUT2D eigenvalue weighted by Crippen LogP contribution is -2.08. The molecular weight excluding hydrogens is 298 g/mol. The highest BCUT2D eigenvalue weighted by atomic mass is 32.2. The van der Waals surface area contributed by atoms with Crippen LogP contribution >= 0.6 is 34.4 Å². The summed E-state index contributed by atoms with van der Waals surface area (Å²) in [4.78, 5) is 1.25. The lowest BCUT2D eigenvalue weighted by atomic mass is 10.5. The van der Waals surface area contributed by atoms with E-state index in [1.807, 2.05) is 17.5 Å². The second-order valence-corrected chi connectivity index (χ2v) is 8.10. The molecule has 2 aromatic rings. The summed E-state index contributed by atoms with van der Waals surface area (Å²) in [5.41, 5.74) is 0. The summed E-state index contributed by atoms with van der Waals surface area (Å²) >= 11 is 4.47. The lowest BCUT2D eigenvalue weighted by Gasteiger charge is -1.95. The Balaban J connectivity index is 1.94. The number of hydrogen-bond acceptors (Lipinski definition) is 7. The van der Waals surface area contributed by atoms with Crippen LogP contribution in [0.4, 0.5) is 5.13 Å². The first-order chi connectivity index (χ1) is 8.03. The first-order valence-electron chi connectivity index (χ1n) is 4.49. The summed E-state index contributed by atoms with van der Waals surface area (Å²) in [6, 6.07) is 4.05. The third-order valence-electron chi connectivity index (χ3n) is 1.60. The molecule has 0 spiro atoms. The van der Waals surface area contributed by atoms with Crippen LogP contribution in [0.2, 0.25) is 0 Å². The minimum absolute atomic E-state index is 0.307. The van der Waals surface area contributed by atoms with Gasteiger partial charge in [0, 0.05) is 10.6 Å². The fourth-order valence-electron chi connectivity index (χ4n) is 0.996. The van der Waals surface area contributed by atoms with E-state index in [1.165, 1.54) is 16.2 Å². The molecule has 2 heterocycles. The molecule has 92 valence electrons. The summed E-state index contributed by atoms with van der Waals surface area (Å²) in [6.45, 7) is 0. The Morgan fingerprint density at radius 3 is 2.94 bits per heavy atom. The van der Waals surface area contributed by atoms with Gasteiger partial charge in [0.05, 0.1) is 6.26 Å². The average molecular weight is 307 g/mol. The number of aromatic nitrogens is 2. The zero-order chi connectivity index (χ0) is 12.3. The lowest BCUT2D eigenvalue weighted by molar-refractivity contribution is 0.606. The van der Waals surface area contributed by atoms with Gasteiger partial charge in [-0.05, 0) is 11.4 Å². The molecule has 0 aliphatic heterocycles. The zero-order valence-electron chi connectivity index (χ0n) is 8.78. The third-order valence-corrected chi connectivity index (χ3v) is 5.37. The average Bonchev–Trinajstić information content (AvgIpc) is 2.82. The molecule has 0 saturated carbocycles. The van der Waals surface area contributed by atoms with Crippen LogP contribution in [0.15, 0.2) is 21.9 Å². The molecule has 2 aromatic heterocycles. The summed E-state index contributed by atoms with van der Waals surface area (Å²) in [6.07, 6.45) is 1.09. The van der Waals surface area contributed by atoms with E-state index in [9.17, 15) is 8.42 Å². The first kappa shape index (κ1) is 12.8. The normalized spacial score (nSPS) is 11.6. The molecule has 0 amide bonds. The van der Waals surface area contributed by atoms with E-state index in [0.29, 0.717) is 5.13 Å². The van der Waals surface area contributed by atoms with E-state index in [0.717, 1.165) is 16.3 Å². The molecule has 0 aromatic carbocycles. The third kappa shape index (κ3) is 4.26. The monoisotopic (exact) mass is 307 g/mol. The molecule has 1 N–H and O–H groups in total. The fraction of sp³-hybridized carbons (Fsp3) is 0.250. The maximum absolute atomic E-state index is 11.0. The summed E-state index contributed by atoms with van der Waals surface area (Å²) in [7, 11) is -3.27. The number of anilines is 1. The van der Waals surface area contributed by atoms with Gasteiger partial charge in [0.1, 0.15) is 0 Å². The predicted molar refractivity (Wildman–Crippen MR) is 72.3 cm³/mol. The summed E-state index contributed by atoms with van der Waals surface area (Å²) in [5, 5.41) is 10.00. The topological polar surface area (TPSA) is 72.0 Å². The van der Waals surface area contributed by atoms with E-state index >= 15 is 0 Å². The van der Waals surface area contributed by atoms with Crippen molar-refractivity contribution in [2.75, 3.05) is 11.0 Å². The van der Waals surface area contributed by atoms with Crippen LogP contribution in [0.3, 0.4) is 0 Å². The van der Waals surface area contributed by atoms with Crippen molar-refractivity contribution in [3.8, 4) is 0 Å². The highest BCUT2D eigenvalue weighted by Gasteiger charge is 2.09. The molecule has 9 heteroatoms. The van der Waals surface area contributed by atoms with Gasteiger partial charge in [-0.1, -0.05) is 29.2 Å². The minimum atomic E-state index is -3.27. The Morgan fingerprint density at radius 2 is 2.29 bits per heavy atom. The van der Waals surface area contributed by atoms with Crippen molar-refractivity contribution in [2.45, 2.75) is 10.1 Å². The summed E-state index contributed by atoms with van der Waals surface area (Å²) < 4.78 is 25.0. The maximum Gasteiger partial charge on any atom is 0.231 e. The fourth-order valence-corrected chi connectivity index (χ4v) is 4.35. The van der Waals surface area contributed by atoms with Crippen molar-refractivity contribution < 1.29 is 8.42 Å². The molecule has 0 radical (unpaired) electrons. The van der Waals surface area contributed by atoms with E-state index in [-0.39, 0.29) is 0 Å². The Labute approximate surface area is 111 Å². The molecule has 17 heavy (non-hydrogen) atoms. The van der Waals surface area contributed by atoms with E-state index in [4.69, 9.17) is 0 Å². The molecular formula is C8H9N3O2S4. The van der Waals surface area contributed by atoms with Crippen LogP contribution in [-0.4, -0.2) is 24.9 Å². The predicted octanol–water partition coefficient (Wildman–Crippen LogP) is 2.26. The van der Waals surface area contributed by atoms with E-state index < -0.39 is 10.0 Å². The maximum atomic E-state index is 11.0. The van der Waals surface area contributed by atoms with Crippen molar-refractivity contribution >= 4 is 49.6 Å². The largest absolute Gasteiger partial charge is 0.257 e. The van der Waals surface area contributed by atoms with E-state index in [2.05, 4.69) is 14.9 Å². The Morgan fingerprint density at radius 1 is 1.47 bits per heavy atom. The smallest absolute Gasteiger partial charge is 0.231 e. The number of rotatable bonds is 5. The molecule has 0 atom stereocenters. The van der Waals surface area contributed by atoms with E-state index in [1.54, 1.807) is 23.1 Å². The number of hydrogen-bond donors (Lipinski definition) is 1. The molecule has 0 fully saturated rings. The van der Waals surface area contributed by atoms with Crippen LogP contribution in [-0.2, 0) is 15.8 Å². The Hall–Kier alpha value is -0.640. The van der Waals surface area contributed by atoms with Crippen LogP contribution < -0.4 is 4.72 Å². The minimum Gasteiger partial charge on any atom is -0.257 e. The Kier molecular flexibility index (Phi) is 4.02. The quantitative estimate of drug-likeness (QED) is 0.858. The molecule has 0 bridgehead atoms. The molecule has 2 rings (SSSR count). The van der Waals surface area contributed by atoms with Gasteiger partial charge in [0.25, 0.3) is 0 Å². The molecule has 0 aliphatic carbocycles. The van der Waals surface area contributed by atoms with Gasteiger partial charge in [-0.3, -0.25) is 4.72 Å². The number of nitrogens with one attached hydrogen (secondary N) is 1. The van der Waals surface area contributed by atoms with Gasteiger partial charge >= 0.3 is 0 Å². The molecule has 0 saturated heterocycles. The second-order valence-electron chi connectivity index (χ2n) is 3.12. The second kappa shape index (κ2) is 5.34. The van der Waals surface area contributed by atoms with Crippen molar-refractivity contribution in [2.24, 2.45) is 0 Å².